The molecule has 0 radical (unpaired) electrons. The van der Waals surface area contributed by atoms with Gasteiger partial charge in [-0.15, -0.1) is 0 Å². The molecule has 0 bridgehead atoms. The Morgan fingerprint density at radius 1 is 1.25 bits per heavy atom. The van der Waals surface area contributed by atoms with Crippen LogP contribution in [0.25, 0.3) is 0 Å². The van der Waals surface area contributed by atoms with Crippen molar-refractivity contribution < 1.29 is 9.47 Å². The summed E-state index contributed by atoms with van der Waals surface area (Å²) in [6.45, 7) is 1.70. The number of ether oxygens (including phenoxy) is 2. The summed E-state index contributed by atoms with van der Waals surface area (Å²) in [6.07, 6.45) is 1.66. The molecular weight excluding hydrogens is 328 g/mol. The van der Waals surface area contributed by atoms with Gasteiger partial charge in [-0.2, -0.15) is 0 Å². The van der Waals surface area contributed by atoms with E-state index in [-0.39, 0.29) is 6.10 Å². The maximum atomic E-state index is 5.91. The molecular formula is C17H19ClN4O2. The number of nitrogens with one attached hydrogen (secondary N) is 2. The first-order valence-corrected chi connectivity index (χ1v) is 8.06. The predicted octanol–water partition coefficient (Wildman–Crippen LogP) is 2.24. The van der Waals surface area contributed by atoms with E-state index in [4.69, 9.17) is 21.1 Å². The summed E-state index contributed by atoms with van der Waals surface area (Å²) < 4.78 is 11.6. The van der Waals surface area contributed by atoms with Crippen molar-refractivity contribution in [2.75, 3.05) is 20.2 Å². The molecule has 126 valence electrons. The van der Waals surface area contributed by atoms with E-state index in [2.05, 4.69) is 20.6 Å². The molecule has 2 N–H and O–H groups in total. The summed E-state index contributed by atoms with van der Waals surface area (Å²) in [5, 5.41) is 6.94. The normalized spacial score (nSPS) is 16.6. The molecule has 2 heterocycles. The second-order valence-corrected chi connectivity index (χ2v) is 5.68. The monoisotopic (exact) mass is 346 g/mol. The molecule has 1 aromatic heterocycles. The number of hydrogen-bond donors (Lipinski definition) is 2. The molecule has 7 heteroatoms. The van der Waals surface area contributed by atoms with E-state index >= 15 is 0 Å². The lowest BCUT2D eigenvalue weighted by atomic mass is 10.2. The molecule has 1 aliphatic heterocycles. The van der Waals surface area contributed by atoms with Gasteiger partial charge in [0.15, 0.2) is 17.5 Å². The number of hydrogen-bond acceptors (Lipinski definition) is 4. The zero-order chi connectivity index (χ0) is 16.8. The number of para-hydroxylation sites is 2. The predicted molar refractivity (Wildman–Crippen MR) is 93.8 cm³/mol. The first-order chi connectivity index (χ1) is 11.7. The maximum absolute atomic E-state index is 5.91. The smallest absolute Gasteiger partial charge is 0.191 e. The zero-order valence-corrected chi connectivity index (χ0v) is 14.1. The topological polar surface area (TPSA) is 67.8 Å². The number of benzene rings is 1. The van der Waals surface area contributed by atoms with Crippen LogP contribution < -0.4 is 20.1 Å². The summed E-state index contributed by atoms with van der Waals surface area (Å²) >= 11 is 5.78. The number of aromatic nitrogens is 1. The highest BCUT2D eigenvalue weighted by Gasteiger charge is 2.20. The number of pyridine rings is 1. The molecule has 0 fully saturated rings. The largest absolute Gasteiger partial charge is 0.486 e. The Morgan fingerprint density at radius 2 is 2.08 bits per heavy atom. The van der Waals surface area contributed by atoms with Crippen LogP contribution in [0.1, 0.15) is 5.56 Å². The van der Waals surface area contributed by atoms with E-state index in [0.29, 0.717) is 30.8 Å². The zero-order valence-electron chi connectivity index (χ0n) is 13.3. The lowest BCUT2D eigenvalue weighted by molar-refractivity contribution is 0.0936. The second kappa shape index (κ2) is 7.88. The van der Waals surface area contributed by atoms with E-state index in [1.807, 2.05) is 30.3 Å². The average molecular weight is 347 g/mol. The Morgan fingerprint density at radius 3 is 2.83 bits per heavy atom. The van der Waals surface area contributed by atoms with Crippen LogP contribution in [0.2, 0.25) is 5.15 Å². The number of halogens is 1. The van der Waals surface area contributed by atoms with Gasteiger partial charge >= 0.3 is 0 Å². The Bertz CT molecular complexity index is 706. The van der Waals surface area contributed by atoms with Gasteiger partial charge < -0.3 is 20.1 Å². The molecule has 2 aromatic rings. The fraction of sp³-hybridized carbons (Fsp3) is 0.294. The molecule has 0 spiro atoms. The Labute approximate surface area is 145 Å². The van der Waals surface area contributed by atoms with Crippen LogP contribution in [-0.2, 0) is 6.54 Å². The number of guanidine groups is 1. The summed E-state index contributed by atoms with van der Waals surface area (Å²) in [6, 6.07) is 11.3. The first kappa shape index (κ1) is 16.4. The van der Waals surface area contributed by atoms with Crippen molar-refractivity contribution in [2.24, 2.45) is 4.99 Å². The number of rotatable bonds is 4. The molecule has 1 aromatic carbocycles. The fourth-order valence-corrected chi connectivity index (χ4v) is 2.40. The van der Waals surface area contributed by atoms with Crippen molar-refractivity contribution in [1.29, 1.82) is 0 Å². The van der Waals surface area contributed by atoms with Gasteiger partial charge in [0.05, 0.1) is 6.54 Å². The molecule has 0 aliphatic carbocycles. The Kier molecular flexibility index (Phi) is 5.38. The van der Waals surface area contributed by atoms with Crippen LogP contribution in [0.4, 0.5) is 0 Å². The van der Waals surface area contributed by atoms with E-state index < -0.39 is 0 Å². The van der Waals surface area contributed by atoms with Crippen LogP contribution in [0.3, 0.4) is 0 Å². The van der Waals surface area contributed by atoms with E-state index in [1.54, 1.807) is 19.3 Å². The summed E-state index contributed by atoms with van der Waals surface area (Å²) in [5.41, 5.74) is 1.02. The molecule has 24 heavy (non-hydrogen) atoms. The lowest BCUT2D eigenvalue weighted by Gasteiger charge is -2.27. The Hall–Kier alpha value is -2.47. The van der Waals surface area contributed by atoms with Crippen LogP contribution in [0, 0.1) is 0 Å². The van der Waals surface area contributed by atoms with E-state index in [9.17, 15) is 0 Å². The van der Waals surface area contributed by atoms with E-state index in [1.165, 1.54) is 0 Å². The van der Waals surface area contributed by atoms with E-state index in [0.717, 1.165) is 17.1 Å². The molecule has 0 saturated heterocycles. The minimum Gasteiger partial charge on any atom is -0.486 e. The third-order valence-corrected chi connectivity index (χ3v) is 3.76. The van der Waals surface area contributed by atoms with Crippen molar-refractivity contribution >= 4 is 17.6 Å². The average Bonchev–Trinajstić information content (AvgIpc) is 2.63. The first-order valence-electron chi connectivity index (χ1n) is 7.68. The molecule has 0 amide bonds. The lowest BCUT2D eigenvalue weighted by Crippen LogP contribution is -2.45. The van der Waals surface area contributed by atoms with Crippen molar-refractivity contribution in [3.8, 4) is 11.5 Å². The number of aliphatic imine (C=N–C) groups is 1. The summed E-state index contributed by atoms with van der Waals surface area (Å²) in [7, 11) is 1.73. The van der Waals surface area contributed by atoms with Gasteiger partial charge in [-0.3, -0.25) is 4.99 Å². The third kappa shape index (κ3) is 4.29. The molecule has 0 saturated carbocycles. The van der Waals surface area contributed by atoms with Gasteiger partial charge in [0, 0.05) is 19.8 Å². The minimum absolute atomic E-state index is 0.0735. The van der Waals surface area contributed by atoms with Gasteiger partial charge in [0.1, 0.15) is 17.9 Å². The van der Waals surface area contributed by atoms with Crippen molar-refractivity contribution in [1.82, 2.24) is 15.6 Å². The van der Waals surface area contributed by atoms with Crippen molar-refractivity contribution in [3.05, 3.63) is 53.3 Å². The second-order valence-electron chi connectivity index (χ2n) is 5.29. The fourth-order valence-electron chi connectivity index (χ4n) is 2.29. The van der Waals surface area contributed by atoms with Crippen molar-refractivity contribution in [2.45, 2.75) is 12.6 Å². The van der Waals surface area contributed by atoms with Crippen LogP contribution >= 0.6 is 11.6 Å². The van der Waals surface area contributed by atoms with Crippen LogP contribution in [0.15, 0.2) is 47.6 Å². The van der Waals surface area contributed by atoms with Gasteiger partial charge in [0.25, 0.3) is 0 Å². The van der Waals surface area contributed by atoms with Gasteiger partial charge in [0.2, 0.25) is 0 Å². The number of fused-ring (bicyclic) bond motifs is 1. The van der Waals surface area contributed by atoms with Gasteiger partial charge in [-0.25, -0.2) is 4.98 Å². The molecule has 3 rings (SSSR count). The number of nitrogens with zero attached hydrogens (tertiary/aromatic N) is 2. The van der Waals surface area contributed by atoms with Crippen LogP contribution in [0.5, 0.6) is 11.5 Å². The van der Waals surface area contributed by atoms with Gasteiger partial charge in [-0.05, 0) is 23.8 Å². The van der Waals surface area contributed by atoms with Gasteiger partial charge in [-0.1, -0.05) is 29.8 Å². The standard InChI is InChI=1S/C17H19ClN4O2/c1-19-17(21-9-12-6-7-16(18)20-8-12)22-10-13-11-23-14-4-2-3-5-15(14)24-13/h2-8,13H,9-11H2,1H3,(H2,19,21,22). The quantitative estimate of drug-likeness (QED) is 0.505. The summed E-state index contributed by atoms with van der Waals surface area (Å²) in [5.74, 6) is 2.24. The molecule has 1 aliphatic rings. The highest BCUT2D eigenvalue weighted by Crippen LogP contribution is 2.30. The maximum Gasteiger partial charge on any atom is 0.191 e. The van der Waals surface area contributed by atoms with Crippen LogP contribution in [-0.4, -0.2) is 37.2 Å². The summed E-state index contributed by atoms with van der Waals surface area (Å²) in [4.78, 5) is 8.25. The molecule has 1 atom stereocenters. The highest BCUT2D eigenvalue weighted by atomic mass is 35.5. The molecule has 6 nitrogen and oxygen atoms in total. The van der Waals surface area contributed by atoms with Crippen molar-refractivity contribution in [3.63, 3.8) is 0 Å². The third-order valence-electron chi connectivity index (χ3n) is 3.54. The minimum atomic E-state index is -0.0735. The molecule has 1 unspecified atom stereocenters. The Balaban J connectivity index is 1.47. The SMILES string of the molecule is CN=C(NCc1ccc(Cl)nc1)NCC1COc2ccccc2O1. The highest BCUT2D eigenvalue weighted by molar-refractivity contribution is 6.29.